The van der Waals surface area contributed by atoms with E-state index in [-0.39, 0.29) is 5.82 Å². The summed E-state index contributed by atoms with van der Waals surface area (Å²) >= 11 is 0. The van der Waals surface area contributed by atoms with Crippen molar-refractivity contribution < 1.29 is 8.81 Å². The van der Waals surface area contributed by atoms with Gasteiger partial charge < -0.3 is 4.42 Å². The van der Waals surface area contributed by atoms with Crippen LogP contribution in [0.4, 0.5) is 4.39 Å². The molecule has 1 aromatic heterocycles. The molecule has 0 aliphatic heterocycles. The van der Waals surface area contributed by atoms with E-state index in [0.717, 1.165) is 5.39 Å². The van der Waals surface area contributed by atoms with Crippen LogP contribution in [-0.4, -0.2) is 6.54 Å². The lowest BCUT2D eigenvalue weighted by molar-refractivity contribution is 0.549. The van der Waals surface area contributed by atoms with Crippen molar-refractivity contribution in [3.8, 4) is 0 Å². The number of halogens is 1. The van der Waals surface area contributed by atoms with Gasteiger partial charge in [0.15, 0.2) is 0 Å². The third-order valence-electron chi connectivity index (χ3n) is 2.05. The van der Waals surface area contributed by atoms with Gasteiger partial charge in [-0.1, -0.05) is 5.11 Å². The largest absolute Gasteiger partial charge is 0.461 e. The fraction of sp³-hybridized carbons (Fsp3) is 0.200. The molecule has 0 bridgehead atoms. The molecule has 0 atom stereocenters. The van der Waals surface area contributed by atoms with Crippen molar-refractivity contribution in [2.45, 2.75) is 6.42 Å². The molecule has 0 amide bonds. The van der Waals surface area contributed by atoms with E-state index in [1.54, 1.807) is 12.1 Å². The Balaban J connectivity index is 2.26. The summed E-state index contributed by atoms with van der Waals surface area (Å²) in [6, 6.07) is 6.10. The van der Waals surface area contributed by atoms with Crippen molar-refractivity contribution in [1.29, 1.82) is 0 Å². The van der Waals surface area contributed by atoms with Gasteiger partial charge in [0.2, 0.25) is 0 Å². The Morgan fingerprint density at radius 3 is 3.07 bits per heavy atom. The first kappa shape index (κ1) is 9.55. The quantitative estimate of drug-likeness (QED) is 0.430. The third-order valence-corrected chi connectivity index (χ3v) is 2.05. The maximum atomic E-state index is 12.8. The van der Waals surface area contributed by atoms with Crippen LogP contribution in [0.15, 0.2) is 33.8 Å². The first-order valence-corrected chi connectivity index (χ1v) is 4.48. The monoisotopic (exact) mass is 205 g/mol. The van der Waals surface area contributed by atoms with E-state index in [1.807, 2.05) is 0 Å². The van der Waals surface area contributed by atoms with Crippen LogP contribution in [0.25, 0.3) is 21.4 Å². The first-order valence-electron chi connectivity index (χ1n) is 4.48. The highest BCUT2D eigenvalue weighted by Gasteiger charge is 2.03. The maximum Gasteiger partial charge on any atom is 0.134 e. The van der Waals surface area contributed by atoms with Crippen molar-refractivity contribution in [3.05, 3.63) is 46.3 Å². The number of furan rings is 1. The molecule has 0 aliphatic rings. The van der Waals surface area contributed by atoms with Crippen molar-refractivity contribution in [1.82, 2.24) is 0 Å². The lowest BCUT2D eigenvalue weighted by Gasteiger charge is -1.88. The molecule has 0 spiro atoms. The van der Waals surface area contributed by atoms with Gasteiger partial charge in [-0.05, 0) is 29.8 Å². The third kappa shape index (κ3) is 2.08. The van der Waals surface area contributed by atoms with Crippen LogP contribution in [0.3, 0.4) is 0 Å². The predicted molar refractivity (Wildman–Crippen MR) is 53.9 cm³/mol. The van der Waals surface area contributed by atoms with E-state index >= 15 is 0 Å². The topological polar surface area (TPSA) is 61.9 Å². The van der Waals surface area contributed by atoms with Gasteiger partial charge in [-0.15, -0.1) is 0 Å². The molecule has 1 aromatic carbocycles. The first-order chi connectivity index (χ1) is 7.29. The van der Waals surface area contributed by atoms with Gasteiger partial charge in [0.05, 0.1) is 0 Å². The van der Waals surface area contributed by atoms with E-state index in [0.29, 0.717) is 24.3 Å². The zero-order valence-electron chi connectivity index (χ0n) is 7.85. The summed E-state index contributed by atoms with van der Waals surface area (Å²) < 4.78 is 18.3. The number of hydrogen-bond acceptors (Lipinski definition) is 2. The second-order valence-corrected chi connectivity index (χ2v) is 3.10. The fourth-order valence-corrected chi connectivity index (χ4v) is 1.40. The minimum Gasteiger partial charge on any atom is -0.461 e. The van der Waals surface area contributed by atoms with E-state index < -0.39 is 0 Å². The SMILES string of the molecule is [N-]=[N+]=NCCc1cc2cc(F)ccc2o1. The molecule has 0 saturated heterocycles. The van der Waals surface area contributed by atoms with Crippen molar-refractivity contribution in [2.75, 3.05) is 6.54 Å². The summed E-state index contributed by atoms with van der Waals surface area (Å²) in [5.41, 5.74) is 8.74. The highest BCUT2D eigenvalue weighted by Crippen LogP contribution is 2.20. The van der Waals surface area contributed by atoms with Gasteiger partial charge in [0, 0.05) is 23.3 Å². The second-order valence-electron chi connectivity index (χ2n) is 3.10. The van der Waals surface area contributed by atoms with Gasteiger partial charge in [-0.25, -0.2) is 4.39 Å². The highest BCUT2D eigenvalue weighted by atomic mass is 19.1. The average molecular weight is 205 g/mol. The summed E-state index contributed by atoms with van der Waals surface area (Å²) in [6.07, 6.45) is 0.528. The Hall–Kier alpha value is -2.00. The van der Waals surface area contributed by atoms with Gasteiger partial charge >= 0.3 is 0 Å². The Kier molecular flexibility index (Phi) is 2.56. The molecule has 76 valence electrons. The number of rotatable bonds is 3. The molecule has 15 heavy (non-hydrogen) atoms. The van der Waals surface area contributed by atoms with E-state index in [9.17, 15) is 4.39 Å². The molecule has 1 heterocycles. The second kappa shape index (κ2) is 4.02. The molecule has 0 aliphatic carbocycles. The fourth-order valence-electron chi connectivity index (χ4n) is 1.40. The summed E-state index contributed by atoms with van der Waals surface area (Å²) in [5.74, 6) is 0.410. The maximum absolute atomic E-state index is 12.8. The lowest BCUT2D eigenvalue weighted by Crippen LogP contribution is -1.83. The number of benzene rings is 1. The van der Waals surface area contributed by atoms with Gasteiger partial charge in [0.1, 0.15) is 17.2 Å². The lowest BCUT2D eigenvalue weighted by atomic mass is 10.2. The normalized spacial score (nSPS) is 10.2. The Labute approximate surface area is 84.9 Å². The molecule has 0 saturated carbocycles. The zero-order chi connectivity index (χ0) is 10.7. The number of nitrogens with zero attached hydrogens (tertiary/aromatic N) is 3. The molecule has 0 fully saturated rings. The van der Waals surface area contributed by atoms with Crippen LogP contribution in [0.1, 0.15) is 5.76 Å². The summed E-state index contributed by atoms with van der Waals surface area (Å²) in [4.78, 5) is 2.64. The van der Waals surface area contributed by atoms with Crippen molar-refractivity contribution >= 4 is 11.0 Å². The molecule has 2 aromatic rings. The van der Waals surface area contributed by atoms with Gasteiger partial charge in [0.25, 0.3) is 0 Å². The van der Waals surface area contributed by atoms with E-state index in [2.05, 4.69) is 10.0 Å². The van der Waals surface area contributed by atoms with Crippen LogP contribution in [0.2, 0.25) is 0 Å². The molecular weight excluding hydrogens is 197 g/mol. The highest BCUT2D eigenvalue weighted by molar-refractivity contribution is 5.77. The van der Waals surface area contributed by atoms with Gasteiger partial charge in [-0.3, -0.25) is 0 Å². The van der Waals surface area contributed by atoms with Crippen LogP contribution in [-0.2, 0) is 6.42 Å². The number of hydrogen-bond donors (Lipinski definition) is 0. The average Bonchev–Trinajstić information content (AvgIpc) is 2.60. The standard InChI is InChI=1S/C10H8FN3O/c11-8-1-2-10-7(5-8)6-9(15-10)3-4-13-14-12/h1-2,5-6H,3-4H2. The van der Waals surface area contributed by atoms with E-state index in [4.69, 9.17) is 9.95 Å². The minimum atomic E-state index is -0.287. The van der Waals surface area contributed by atoms with Gasteiger partial charge in [-0.2, -0.15) is 0 Å². The number of fused-ring (bicyclic) bond motifs is 1. The summed E-state index contributed by atoms with van der Waals surface area (Å²) in [7, 11) is 0. The predicted octanol–water partition coefficient (Wildman–Crippen LogP) is 3.42. The van der Waals surface area contributed by atoms with Crippen molar-refractivity contribution in [2.24, 2.45) is 5.11 Å². The van der Waals surface area contributed by atoms with Crippen LogP contribution in [0.5, 0.6) is 0 Å². The number of azide groups is 1. The Morgan fingerprint density at radius 1 is 1.40 bits per heavy atom. The minimum absolute atomic E-state index is 0.287. The van der Waals surface area contributed by atoms with Crippen LogP contribution in [0, 0.1) is 5.82 Å². The molecule has 2 rings (SSSR count). The molecule has 0 radical (unpaired) electrons. The van der Waals surface area contributed by atoms with Crippen LogP contribution >= 0.6 is 0 Å². The van der Waals surface area contributed by atoms with Crippen molar-refractivity contribution in [3.63, 3.8) is 0 Å². The van der Waals surface area contributed by atoms with E-state index in [1.165, 1.54) is 12.1 Å². The smallest absolute Gasteiger partial charge is 0.134 e. The molecule has 5 heteroatoms. The summed E-state index contributed by atoms with van der Waals surface area (Å²) in [5, 5.41) is 4.13. The molecule has 0 unspecified atom stereocenters. The molecule has 0 N–H and O–H groups in total. The van der Waals surface area contributed by atoms with Crippen LogP contribution < -0.4 is 0 Å². The molecule has 4 nitrogen and oxygen atoms in total. The zero-order valence-corrected chi connectivity index (χ0v) is 7.85. The Morgan fingerprint density at radius 2 is 2.27 bits per heavy atom. The molecular formula is C10H8FN3O. The summed E-state index contributed by atoms with van der Waals surface area (Å²) in [6.45, 7) is 0.346. The Bertz CT molecular complexity index is 528.